The van der Waals surface area contributed by atoms with E-state index in [1.165, 1.54) is 23.1 Å². The van der Waals surface area contributed by atoms with Crippen molar-refractivity contribution in [1.82, 2.24) is 24.7 Å². The zero-order valence-corrected chi connectivity index (χ0v) is 23.0. The lowest BCUT2D eigenvalue weighted by Gasteiger charge is -2.11. The fourth-order valence-corrected chi connectivity index (χ4v) is 5.24. The summed E-state index contributed by atoms with van der Waals surface area (Å²) in [4.78, 5) is 21.6. The summed E-state index contributed by atoms with van der Waals surface area (Å²) in [6.07, 6.45) is 3.43. The van der Waals surface area contributed by atoms with Crippen molar-refractivity contribution >= 4 is 34.1 Å². The van der Waals surface area contributed by atoms with Crippen LogP contribution < -0.4 is 19.5 Å². The van der Waals surface area contributed by atoms with Gasteiger partial charge in [-0.1, -0.05) is 11.8 Å². The normalized spacial score (nSPS) is 10.7. The molecule has 0 atom stereocenters. The molecule has 0 saturated heterocycles. The Hall–Kier alpha value is -4.42. The van der Waals surface area contributed by atoms with Gasteiger partial charge in [-0.15, -0.1) is 21.5 Å². The van der Waals surface area contributed by atoms with Crippen LogP contribution in [0.1, 0.15) is 0 Å². The zero-order chi connectivity index (χ0) is 27.2. The predicted molar refractivity (Wildman–Crippen MR) is 151 cm³/mol. The Morgan fingerprint density at radius 1 is 0.974 bits per heavy atom. The molecule has 2 aromatic carbocycles. The highest BCUT2D eigenvalue weighted by Crippen LogP contribution is 2.34. The van der Waals surface area contributed by atoms with Crippen LogP contribution in [-0.2, 0) is 4.79 Å². The molecule has 0 spiro atoms. The molecule has 0 saturated carbocycles. The number of aromatic nitrogens is 5. The number of thiazole rings is 1. The number of nitrogens with one attached hydrogen (secondary N) is 1. The number of hydrogen-bond donors (Lipinski definition) is 1. The van der Waals surface area contributed by atoms with Gasteiger partial charge in [-0.2, -0.15) is 0 Å². The number of thioether (sulfide) groups is 1. The fraction of sp³-hybridized carbons (Fsp3) is 0.148. The number of ether oxygens (including phenoxy) is 3. The zero-order valence-electron chi connectivity index (χ0n) is 21.3. The highest BCUT2D eigenvalue weighted by atomic mass is 32.2. The maximum absolute atomic E-state index is 12.8. The minimum atomic E-state index is -0.208. The van der Waals surface area contributed by atoms with Crippen molar-refractivity contribution in [3.05, 3.63) is 72.4 Å². The van der Waals surface area contributed by atoms with Crippen molar-refractivity contribution in [2.75, 3.05) is 32.4 Å². The molecule has 0 fully saturated rings. The Labute approximate surface area is 233 Å². The highest BCUT2D eigenvalue weighted by molar-refractivity contribution is 7.99. The van der Waals surface area contributed by atoms with Crippen LogP contribution in [0.5, 0.6) is 17.2 Å². The molecule has 0 aliphatic carbocycles. The summed E-state index contributed by atoms with van der Waals surface area (Å²) >= 11 is 2.63. The molecule has 39 heavy (non-hydrogen) atoms. The SMILES string of the molecule is COc1ccc(-n2c(SCC(=O)Nc3nc(-c4ccc(OC)c(OC)c4)cs3)nnc2-c2cccnc2)cc1. The van der Waals surface area contributed by atoms with E-state index in [1.54, 1.807) is 33.7 Å². The van der Waals surface area contributed by atoms with E-state index < -0.39 is 0 Å². The predicted octanol–water partition coefficient (Wildman–Crippen LogP) is 5.21. The maximum Gasteiger partial charge on any atom is 0.236 e. The summed E-state index contributed by atoms with van der Waals surface area (Å²) in [6.45, 7) is 0. The minimum Gasteiger partial charge on any atom is -0.497 e. The van der Waals surface area contributed by atoms with Gasteiger partial charge in [-0.3, -0.25) is 14.3 Å². The van der Waals surface area contributed by atoms with Crippen LogP contribution in [0.3, 0.4) is 0 Å². The second kappa shape index (κ2) is 12.0. The minimum absolute atomic E-state index is 0.118. The van der Waals surface area contributed by atoms with E-state index >= 15 is 0 Å². The van der Waals surface area contributed by atoms with Gasteiger partial charge in [0.1, 0.15) is 5.75 Å². The molecule has 0 unspecified atom stereocenters. The highest BCUT2D eigenvalue weighted by Gasteiger charge is 2.18. The lowest BCUT2D eigenvalue weighted by Crippen LogP contribution is -2.14. The Kier molecular flexibility index (Phi) is 8.04. The summed E-state index contributed by atoms with van der Waals surface area (Å²) in [5.41, 5.74) is 3.23. The Morgan fingerprint density at radius 2 is 1.79 bits per heavy atom. The van der Waals surface area contributed by atoms with Gasteiger partial charge in [0.25, 0.3) is 0 Å². The topological polar surface area (TPSA) is 113 Å². The molecule has 0 bridgehead atoms. The van der Waals surface area contributed by atoms with Gasteiger partial charge < -0.3 is 19.5 Å². The molecule has 3 aromatic heterocycles. The Balaban J connectivity index is 1.31. The van der Waals surface area contributed by atoms with Crippen LogP contribution in [0.2, 0.25) is 0 Å². The number of carbonyl (C=O) groups is 1. The van der Waals surface area contributed by atoms with Crippen molar-refractivity contribution in [3.8, 4) is 45.6 Å². The van der Waals surface area contributed by atoms with E-state index in [4.69, 9.17) is 14.2 Å². The first-order valence-electron chi connectivity index (χ1n) is 11.7. The van der Waals surface area contributed by atoms with Crippen LogP contribution in [0.4, 0.5) is 5.13 Å². The molecule has 0 aliphatic heterocycles. The number of benzene rings is 2. The first-order valence-corrected chi connectivity index (χ1v) is 13.6. The number of rotatable bonds is 10. The molecule has 10 nitrogen and oxygen atoms in total. The average Bonchev–Trinajstić information content (AvgIpc) is 3.63. The molecule has 1 amide bonds. The van der Waals surface area contributed by atoms with Gasteiger partial charge >= 0.3 is 0 Å². The number of anilines is 1. The third-order valence-electron chi connectivity index (χ3n) is 5.65. The molecule has 12 heteroatoms. The van der Waals surface area contributed by atoms with Gasteiger partial charge in [-0.05, 0) is 54.6 Å². The lowest BCUT2D eigenvalue weighted by molar-refractivity contribution is -0.113. The summed E-state index contributed by atoms with van der Waals surface area (Å²) in [7, 11) is 4.79. The van der Waals surface area contributed by atoms with Crippen molar-refractivity contribution in [2.45, 2.75) is 5.16 Å². The van der Waals surface area contributed by atoms with Gasteiger partial charge in [-0.25, -0.2) is 4.98 Å². The second-order valence-electron chi connectivity index (χ2n) is 8.03. The Bertz CT molecular complexity index is 1570. The summed E-state index contributed by atoms with van der Waals surface area (Å²) in [6, 6.07) is 16.9. The van der Waals surface area contributed by atoms with Crippen LogP contribution >= 0.6 is 23.1 Å². The van der Waals surface area contributed by atoms with E-state index in [9.17, 15) is 4.79 Å². The fourth-order valence-electron chi connectivity index (χ4n) is 3.75. The quantitative estimate of drug-likeness (QED) is 0.230. The van der Waals surface area contributed by atoms with Crippen LogP contribution in [0, 0.1) is 0 Å². The molecule has 5 rings (SSSR count). The van der Waals surface area contributed by atoms with E-state index in [2.05, 4.69) is 25.5 Å². The molecule has 0 radical (unpaired) electrons. The van der Waals surface area contributed by atoms with Gasteiger partial charge in [0.05, 0.1) is 32.8 Å². The maximum atomic E-state index is 12.8. The standard InChI is InChI=1S/C27H24N6O4S2/c1-35-20-9-7-19(8-10-20)33-25(18-5-4-12-28-14-18)31-32-27(33)39-16-24(34)30-26-29-21(15-38-26)17-6-11-22(36-2)23(13-17)37-3/h4-15H,16H2,1-3H3,(H,29,30,34). The molecule has 1 N–H and O–H groups in total. The summed E-state index contributed by atoms with van der Waals surface area (Å²) in [5.74, 6) is 2.51. The number of carbonyl (C=O) groups excluding carboxylic acids is 1. The van der Waals surface area contributed by atoms with E-state index in [0.717, 1.165) is 28.3 Å². The van der Waals surface area contributed by atoms with Crippen molar-refractivity contribution < 1.29 is 19.0 Å². The molecule has 198 valence electrons. The number of amides is 1. The van der Waals surface area contributed by atoms with Gasteiger partial charge in [0.2, 0.25) is 5.91 Å². The van der Waals surface area contributed by atoms with Gasteiger partial charge in [0.15, 0.2) is 27.6 Å². The molecular weight excluding hydrogens is 536 g/mol. The van der Waals surface area contributed by atoms with Gasteiger partial charge in [0, 0.05) is 34.6 Å². The third-order valence-corrected chi connectivity index (χ3v) is 7.33. The molecule has 5 aromatic rings. The number of methoxy groups -OCH3 is 3. The molecule has 3 heterocycles. The van der Waals surface area contributed by atoms with E-state index in [1.807, 2.05) is 64.5 Å². The van der Waals surface area contributed by atoms with Crippen molar-refractivity contribution in [1.29, 1.82) is 0 Å². The van der Waals surface area contributed by atoms with Crippen LogP contribution in [0.15, 0.2) is 77.5 Å². The van der Waals surface area contributed by atoms with Crippen LogP contribution in [0.25, 0.3) is 28.3 Å². The molecule has 0 aliphatic rings. The van der Waals surface area contributed by atoms with Crippen molar-refractivity contribution in [2.24, 2.45) is 0 Å². The monoisotopic (exact) mass is 560 g/mol. The van der Waals surface area contributed by atoms with E-state index in [-0.39, 0.29) is 11.7 Å². The Morgan fingerprint density at radius 3 is 2.51 bits per heavy atom. The number of pyridine rings is 1. The number of hydrogen-bond acceptors (Lipinski definition) is 10. The van der Waals surface area contributed by atoms with Crippen LogP contribution in [-0.4, -0.2) is 57.7 Å². The first kappa shape index (κ1) is 26.2. The number of nitrogens with zero attached hydrogens (tertiary/aromatic N) is 5. The van der Waals surface area contributed by atoms with E-state index in [0.29, 0.717) is 27.6 Å². The largest absolute Gasteiger partial charge is 0.497 e. The first-order chi connectivity index (χ1) is 19.1. The average molecular weight is 561 g/mol. The smallest absolute Gasteiger partial charge is 0.236 e. The lowest BCUT2D eigenvalue weighted by atomic mass is 10.1. The molecular formula is C27H24N6O4S2. The third kappa shape index (κ3) is 5.86. The summed E-state index contributed by atoms with van der Waals surface area (Å²) < 4.78 is 17.9. The summed E-state index contributed by atoms with van der Waals surface area (Å²) in [5, 5.41) is 14.6. The second-order valence-corrected chi connectivity index (χ2v) is 9.83. The van der Waals surface area contributed by atoms with Crippen molar-refractivity contribution in [3.63, 3.8) is 0 Å².